The maximum atomic E-state index is 13.6. The largest absolute Gasteiger partial charge is 0.510 e. The summed E-state index contributed by atoms with van der Waals surface area (Å²) in [5.74, 6) is -9.56. The zero-order valence-corrected chi connectivity index (χ0v) is 20.5. The molecular weight excluding hydrogens is 502 g/mol. The highest BCUT2D eigenvalue weighted by Crippen LogP contribution is 2.52. The standard InChI is InChI=1S/C25H27N3O10/c1-28(2)18-11-8-10-7-9-3-4-12(27-13(29)5-6-14(30)31)19(32)15(9)20(33)16(10)22(35)25(11,38)23(36)17(21(18)34)24(26)37/h3-4,10-11,18,32,34-35,38H,5-8H2,1-2H3,(H2,26,37)(H,27,29)(H,30,31)/t10-,11-,18+,25-/m0/s1. The number of rotatable bonds is 6. The molecule has 38 heavy (non-hydrogen) atoms. The number of nitrogens with zero attached hydrogens (tertiary/aromatic N) is 1. The van der Waals surface area contributed by atoms with Gasteiger partial charge in [-0.25, -0.2) is 0 Å². The number of aliphatic hydroxyl groups is 3. The van der Waals surface area contributed by atoms with Gasteiger partial charge in [-0.05, 0) is 44.5 Å². The normalized spacial score (nSPS) is 26.6. The molecule has 0 aromatic heterocycles. The van der Waals surface area contributed by atoms with Gasteiger partial charge in [-0.3, -0.25) is 28.9 Å². The molecule has 4 rings (SSSR count). The third kappa shape index (κ3) is 3.90. The van der Waals surface area contributed by atoms with Gasteiger partial charge in [0.05, 0.1) is 23.7 Å². The Morgan fingerprint density at radius 1 is 1.13 bits per heavy atom. The first-order chi connectivity index (χ1) is 17.7. The number of fused-ring (bicyclic) bond motifs is 3. The number of hydrogen-bond acceptors (Lipinski definition) is 10. The van der Waals surface area contributed by atoms with E-state index in [0.717, 1.165) is 0 Å². The van der Waals surface area contributed by atoms with E-state index in [1.54, 1.807) is 0 Å². The van der Waals surface area contributed by atoms with Crippen molar-refractivity contribution in [3.63, 3.8) is 0 Å². The Hall–Kier alpha value is -4.23. The molecule has 1 aromatic carbocycles. The Morgan fingerprint density at radius 2 is 1.79 bits per heavy atom. The molecule has 0 aliphatic heterocycles. The number of nitrogens with two attached hydrogens (primary N) is 1. The van der Waals surface area contributed by atoms with Crippen LogP contribution in [0.1, 0.15) is 35.2 Å². The molecule has 0 saturated carbocycles. The number of ketones is 2. The van der Waals surface area contributed by atoms with E-state index in [9.17, 15) is 44.4 Å². The Morgan fingerprint density at radius 3 is 2.37 bits per heavy atom. The number of hydrogen-bond donors (Lipinski definition) is 7. The predicted molar refractivity (Wildman–Crippen MR) is 129 cm³/mol. The van der Waals surface area contributed by atoms with Gasteiger partial charge in [-0.2, -0.15) is 0 Å². The van der Waals surface area contributed by atoms with Crippen molar-refractivity contribution >= 4 is 35.0 Å². The van der Waals surface area contributed by atoms with Gasteiger partial charge in [0, 0.05) is 17.9 Å². The third-order valence-electron chi connectivity index (χ3n) is 7.44. The molecule has 0 heterocycles. The van der Waals surface area contributed by atoms with Crippen LogP contribution >= 0.6 is 0 Å². The van der Waals surface area contributed by atoms with Crippen LogP contribution < -0.4 is 11.1 Å². The Kier molecular flexibility index (Phi) is 6.54. The number of anilines is 1. The summed E-state index contributed by atoms with van der Waals surface area (Å²) in [5, 5.41) is 55.5. The minimum Gasteiger partial charge on any atom is -0.510 e. The number of carboxylic acid groups (broad SMARTS) is 1. The monoisotopic (exact) mass is 529 g/mol. The number of nitrogens with one attached hydrogen (secondary N) is 1. The summed E-state index contributed by atoms with van der Waals surface area (Å²) in [7, 11) is 3.08. The fourth-order valence-electron chi connectivity index (χ4n) is 5.76. The molecular formula is C25H27N3O10. The number of carbonyl (C=O) groups excluding carboxylic acids is 4. The van der Waals surface area contributed by atoms with Gasteiger partial charge in [-0.1, -0.05) is 6.07 Å². The lowest BCUT2D eigenvalue weighted by Gasteiger charge is -2.50. The van der Waals surface area contributed by atoms with E-state index in [0.29, 0.717) is 5.56 Å². The molecule has 0 fully saturated rings. The smallest absolute Gasteiger partial charge is 0.303 e. The van der Waals surface area contributed by atoms with Crippen LogP contribution in [0.4, 0.5) is 5.69 Å². The Balaban J connectivity index is 1.81. The van der Waals surface area contributed by atoms with Crippen molar-refractivity contribution in [2.75, 3.05) is 19.4 Å². The summed E-state index contributed by atoms with van der Waals surface area (Å²) >= 11 is 0. The molecule has 0 spiro atoms. The van der Waals surface area contributed by atoms with E-state index in [4.69, 9.17) is 10.8 Å². The van der Waals surface area contributed by atoms with E-state index >= 15 is 0 Å². The summed E-state index contributed by atoms with van der Waals surface area (Å²) in [6, 6.07) is 1.76. The van der Waals surface area contributed by atoms with Crippen LogP contribution in [0.3, 0.4) is 0 Å². The van der Waals surface area contributed by atoms with Crippen LogP contribution in [0.25, 0.3) is 0 Å². The highest BCUT2D eigenvalue weighted by atomic mass is 16.4. The molecule has 2 amide bonds. The fourth-order valence-corrected chi connectivity index (χ4v) is 5.76. The van der Waals surface area contributed by atoms with Crippen LogP contribution in [-0.4, -0.2) is 85.5 Å². The van der Waals surface area contributed by atoms with Gasteiger partial charge in [-0.15, -0.1) is 0 Å². The number of phenolic OH excluding ortho intramolecular Hbond substituents is 1. The van der Waals surface area contributed by atoms with Crippen molar-refractivity contribution in [2.45, 2.75) is 37.3 Å². The summed E-state index contributed by atoms with van der Waals surface area (Å²) in [6.45, 7) is 0. The van der Waals surface area contributed by atoms with Crippen LogP contribution in [0.15, 0.2) is 34.8 Å². The second-order valence-electron chi connectivity index (χ2n) is 9.90. The third-order valence-corrected chi connectivity index (χ3v) is 7.44. The number of Topliss-reactive ketones (excluding diaryl/α,β-unsaturated/α-hetero) is 2. The van der Waals surface area contributed by atoms with Crippen molar-refractivity contribution in [1.29, 1.82) is 0 Å². The molecule has 0 saturated heterocycles. The lowest BCUT2D eigenvalue weighted by atomic mass is 9.58. The Labute approximate surface area is 215 Å². The Bertz CT molecular complexity index is 1360. The number of aliphatic carboxylic acids is 1. The molecule has 3 aliphatic rings. The first-order valence-corrected chi connectivity index (χ1v) is 11.7. The van der Waals surface area contributed by atoms with Gasteiger partial charge >= 0.3 is 5.97 Å². The number of likely N-dealkylation sites (N-methyl/N-ethyl adjacent to an activating group) is 1. The van der Waals surface area contributed by atoms with E-state index in [1.807, 2.05) is 0 Å². The van der Waals surface area contributed by atoms with Crippen molar-refractivity contribution in [1.82, 2.24) is 4.90 Å². The average Bonchev–Trinajstić information content (AvgIpc) is 2.81. The number of carbonyl (C=O) groups is 5. The van der Waals surface area contributed by atoms with Gasteiger partial charge in [0.25, 0.3) is 5.91 Å². The number of aromatic hydroxyl groups is 1. The van der Waals surface area contributed by atoms with Crippen LogP contribution in [-0.2, 0) is 25.6 Å². The number of benzene rings is 1. The first-order valence-electron chi connectivity index (χ1n) is 11.7. The minimum atomic E-state index is -2.75. The quantitative estimate of drug-likeness (QED) is 0.190. The molecule has 0 unspecified atom stereocenters. The second kappa shape index (κ2) is 9.26. The van der Waals surface area contributed by atoms with Crippen molar-refractivity contribution in [3.05, 3.63) is 45.9 Å². The van der Waals surface area contributed by atoms with Gasteiger partial charge in [0.1, 0.15) is 17.1 Å². The molecule has 3 aliphatic carbocycles. The van der Waals surface area contributed by atoms with Gasteiger partial charge < -0.3 is 36.6 Å². The highest BCUT2D eigenvalue weighted by Gasteiger charge is 2.63. The summed E-state index contributed by atoms with van der Waals surface area (Å²) in [4.78, 5) is 63.1. The van der Waals surface area contributed by atoms with Gasteiger partial charge in [0.2, 0.25) is 11.7 Å². The number of aliphatic hydroxyl groups excluding tert-OH is 2. The molecule has 202 valence electrons. The van der Waals surface area contributed by atoms with Crippen LogP contribution in [0.2, 0.25) is 0 Å². The second-order valence-corrected chi connectivity index (χ2v) is 9.90. The summed E-state index contributed by atoms with van der Waals surface area (Å²) in [6.07, 6.45) is -0.757. The number of amides is 2. The number of phenols is 1. The molecule has 8 N–H and O–H groups in total. The maximum Gasteiger partial charge on any atom is 0.303 e. The summed E-state index contributed by atoms with van der Waals surface area (Å²) in [5.41, 5.74) is 1.29. The summed E-state index contributed by atoms with van der Waals surface area (Å²) < 4.78 is 0. The zero-order valence-electron chi connectivity index (χ0n) is 20.5. The lowest BCUT2D eigenvalue weighted by Crippen LogP contribution is -2.63. The maximum absolute atomic E-state index is 13.6. The number of carboxylic acids is 1. The van der Waals surface area contributed by atoms with E-state index in [-0.39, 0.29) is 36.1 Å². The van der Waals surface area contributed by atoms with Crippen LogP contribution in [0.5, 0.6) is 5.75 Å². The SMILES string of the molecule is CN(C)[C@H]1C(O)=C(C(N)=O)C(=O)[C@@]2(O)C(O)=C3C(=O)c4c(ccc(NC(=O)CCC(=O)O)c4O)C[C@H]3C[C@@H]12. The molecule has 13 heteroatoms. The fraction of sp³-hybridized carbons (Fsp3) is 0.400. The predicted octanol–water partition coefficient (Wildman–Crippen LogP) is -0.0761. The van der Waals surface area contributed by atoms with Crippen molar-refractivity contribution < 1.29 is 49.5 Å². The number of primary amides is 1. The van der Waals surface area contributed by atoms with Crippen molar-refractivity contribution in [2.24, 2.45) is 17.6 Å². The minimum absolute atomic E-state index is 0.0415. The molecule has 13 nitrogen and oxygen atoms in total. The average molecular weight is 530 g/mol. The van der Waals surface area contributed by atoms with E-state index in [1.165, 1.54) is 31.1 Å². The molecule has 0 radical (unpaired) electrons. The van der Waals surface area contributed by atoms with E-state index < -0.39 is 82.1 Å². The zero-order chi connectivity index (χ0) is 28.3. The van der Waals surface area contributed by atoms with Crippen LogP contribution in [0, 0.1) is 11.8 Å². The first kappa shape index (κ1) is 26.8. The lowest BCUT2D eigenvalue weighted by molar-refractivity contribution is -0.148. The molecule has 4 atom stereocenters. The van der Waals surface area contributed by atoms with Crippen molar-refractivity contribution in [3.8, 4) is 5.75 Å². The van der Waals surface area contributed by atoms with E-state index in [2.05, 4.69) is 5.32 Å². The highest BCUT2D eigenvalue weighted by molar-refractivity contribution is 6.25. The topological polar surface area (TPSA) is 228 Å². The molecule has 0 bridgehead atoms. The molecule has 1 aromatic rings. The van der Waals surface area contributed by atoms with Gasteiger partial charge in [0.15, 0.2) is 17.1 Å². The number of allylic oxidation sites excluding steroid dienone is 1.